The number of ether oxygens (including phenoxy) is 1. The minimum absolute atomic E-state index is 0.0138. The molecule has 0 amide bonds. The molecule has 0 bridgehead atoms. The van der Waals surface area contributed by atoms with Gasteiger partial charge < -0.3 is 15.0 Å². The highest BCUT2D eigenvalue weighted by atomic mass is 16.5. The third-order valence-corrected chi connectivity index (χ3v) is 5.11. The predicted octanol–water partition coefficient (Wildman–Crippen LogP) is 2.07. The highest BCUT2D eigenvalue weighted by Gasteiger charge is 2.26. The lowest BCUT2D eigenvalue weighted by molar-refractivity contribution is -0.00817. The third kappa shape index (κ3) is 5.94. The number of guanidine groups is 1. The first-order chi connectivity index (χ1) is 13.5. The molecule has 1 aromatic rings. The molecule has 2 unspecified atom stereocenters. The van der Waals surface area contributed by atoms with Gasteiger partial charge in [0.05, 0.1) is 19.3 Å². The Balaban J connectivity index is 2.01. The van der Waals surface area contributed by atoms with Crippen LogP contribution in [0.4, 0.5) is 0 Å². The van der Waals surface area contributed by atoms with Crippen molar-refractivity contribution in [1.29, 1.82) is 0 Å². The SMILES string of the molecule is C=CCN(CC=C)C(CNC(=NC)N1CCOC(c2cnn(C)c2)C1)C(C)C. The molecule has 2 atom stereocenters. The summed E-state index contributed by atoms with van der Waals surface area (Å²) in [5.41, 5.74) is 1.10. The van der Waals surface area contributed by atoms with Crippen LogP contribution in [0, 0.1) is 5.92 Å². The number of nitrogens with zero attached hydrogens (tertiary/aromatic N) is 5. The number of nitrogens with one attached hydrogen (secondary N) is 1. The minimum atomic E-state index is 0.0138. The van der Waals surface area contributed by atoms with Crippen molar-refractivity contribution in [2.75, 3.05) is 46.4 Å². The summed E-state index contributed by atoms with van der Waals surface area (Å²) in [6.45, 7) is 17.1. The van der Waals surface area contributed by atoms with Gasteiger partial charge in [0.1, 0.15) is 6.10 Å². The summed E-state index contributed by atoms with van der Waals surface area (Å²) in [7, 11) is 3.77. The van der Waals surface area contributed by atoms with Gasteiger partial charge >= 0.3 is 0 Å². The molecule has 2 rings (SSSR count). The summed E-state index contributed by atoms with van der Waals surface area (Å²) in [5.74, 6) is 1.42. The van der Waals surface area contributed by atoms with Crippen LogP contribution in [0.15, 0.2) is 42.7 Å². The van der Waals surface area contributed by atoms with Crippen LogP contribution >= 0.6 is 0 Å². The van der Waals surface area contributed by atoms with Gasteiger partial charge in [-0.1, -0.05) is 26.0 Å². The highest BCUT2D eigenvalue weighted by molar-refractivity contribution is 5.80. The summed E-state index contributed by atoms with van der Waals surface area (Å²) in [6, 6.07) is 0.364. The lowest BCUT2D eigenvalue weighted by Crippen LogP contribution is -2.53. The molecule has 1 saturated heterocycles. The van der Waals surface area contributed by atoms with Gasteiger partial charge in [-0.05, 0) is 5.92 Å². The maximum atomic E-state index is 5.96. The largest absolute Gasteiger partial charge is 0.370 e. The van der Waals surface area contributed by atoms with Crippen molar-refractivity contribution in [3.63, 3.8) is 0 Å². The number of aliphatic imine (C=N–C) groups is 1. The molecule has 1 aliphatic rings. The van der Waals surface area contributed by atoms with Crippen LogP contribution in [0.1, 0.15) is 25.5 Å². The summed E-state index contributed by atoms with van der Waals surface area (Å²) < 4.78 is 7.77. The van der Waals surface area contributed by atoms with E-state index < -0.39 is 0 Å². The Morgan fingerprint density at radius 1 is 1.43 bits per heavy atom. The smallest absolute Gasteiger partial charge is 0.193 e. The van der Waals surface area contributed by atoms with Gasteiger partial charge in [-0.2, -0.15) is 5.10 Å². The Hall–Kier alpha value is -2.12. The summed E-state index contributed by atoms with van der Waals surface area (Å²) >= 11 is 0. The highest BCUT2D eigenvalue weighted by Crippen LogP contribution is 2.21. The molecule has 0 saturated carbocycles. The minimum Gasteiger partial charge on any atom is -0.370 e. The van der Waals surface area contributed by atoms with Crippen LogP contribution in [-0.2, 0) is 11.8 Å². The van der Waals surface area contributed by atoms with E-state index in [2.05, 4.69) is 52.2 Å². The zero-order valence-electron chi connectivity index (χ0n) is 17.8. The van der Waals surface area contributed by atoms with E-state index in [1.807, 2.05) is 43.3 Å². The average molecular weight is 389 g/mol. The molecule has 0 radical (unpaired) electrons. The van der Waals surface area contributed by atoms with Crippen LogP contribution < -0.4 is 5.32 Å². The fourth-order valence-corrected chi connectivity index (χ4v) is 3.64. The monoisotopic (exact) mass is 388 g/mol. The van der Waals surface area contributed by atoms with E-state index in [4.69, 9.17) is 4.74 Å². The number of hydrogen-bond acceptors (Lipinski definition) is 4. The van der Waals surface area contributed by atoms with E-state index in [1.165, 1.54) is 0 Å². The topological polar surface area (TPSA) is 57.9 Å². The second-order valence-electron chi connectivity index (χ2n) is 7.52. The molecule has 1 fully saturated rings. The second kappa shape index (κ2) is 11.0. The number of aryl methyl sites for hydroxylation is 1. The molecule has 0 spiro atoms. The first-order valence-corrected chi connectivity index (χ1v) is 10.0. The van der Waals surface area contributed by atoms with Gasteiger partial charge in [-0.3, -0.25) is 14.6 Å². The maximum absolute atomic E-state index is 5.96. The molecule has 0 aromatic carbocycles. The fourth-order valence-electron chi connectivity index (χ4n) is 3.64. The first-order valence-electron chi connectivity index (χ1n) is 10.0. The molecular formula is C21H36N6O. The molecule has 1 aliphatic heterocycles. The van der Waals surface area contributed by atoms with Crippen LogP contribution in [0.5, 0.6) is 0 Å². The normalized spacial score (nSPS) is 19.1. The Bertz CT molecular complexity index is 643. The molecular weight excluding hydrogens is 352 g/mol. The van der Waals surface area contributed by atoms with Crippen LogP contribution in [0.3, 0.4) is 0 Å². The molecule has 1 N–H and O–H groups in total. The third-order valence-electron chi connectivity index (χ3n) is 5.11. The van der Waals surface area contributed by atoms with Crippen molar-refractivity contribution >= 4 is 5.96 Å². The Labute approximate surface area is 169 Å². The van der Waals surface area contributed by atoms with Crippen molar-refractivity contribution in [2.24, 2.45) is 18.0 Å². The lowest BCUT2D eigenvalue weighted by Gasteiger charge is -2.37. The fraction of sp³-hybridized carbons (Fsp3) is 0.619. The second-order valence-corrected chi connectivity index (χ2v) is 7.52. The zero-order chi connectivity index (χ0) is 20.5. The lowest BCUT2D eigenvalue weighted by atomic mass is 10.0. The Morgan fingerprint density at radius 2 is 2.14 bits per heavy atom. The van der Waals surface area contributed by atoms with E-state index >= 15 is 0 Å². The molecule has 7 heteroatoms. The van der Waals surface area contributed by atoms with Gasteiger partial charge in [0.25, 0.3) is 0 Å². The van der Waals surface area contributed by atoms with Gasteiger partial charge in [-0.15, -0.1) is 13.2 Å². The van der Waals surface area contributed by atoms with Crippen molar-refractivity contribution in [3.05, 3.63) is 43.3 Å². The van der Waals surface area contributed by atoms with Crippen molar-refractivity contribution < 1.29 is 4.74 Å². The number of morpholine rings is 1. The van der Waals surface area contributed by atoms with Gasteiger partial charge in [0.15, 0.2) is 5.96 Å². The van der Waals surface area contributed by atoms with Gasteiger partial charge in [-0.25, -0.2) is 0 Å². The predicted molar refractivity (Wildman–Crippen MR) is 115 cm³/mol. The molecule has 28 heavy (non-hydrogen) atoms. The Morgan fingerprint density at radius 3 is 2.68 bits per heavy atom. The van der Waals surface area contributed by atoms with E-state index in [9.17, 15) is 0 Å². The number of aromatic nitrogens is 2. The first kappa shape index (κ1) is 22.2. The molecule has 1 aromatic heterocycles. The van der Waals surface area contributed by atoms with Gasteiger partial charge in [0.2, 0.25) is 0 Å². The number of rotatable bonds is 9. The van der Waals surface area contributed by atoms with Crippen LogP contribution in [0.25, 0.3) is 0 Å². The number of hydrogen-bond donors (Lipinski definition) is 1. The van der Waals surface area contributed by atoms with Crippen molar-refractivity contribution in [2.45, 2.75) is 26.0 Å². The van der Waals surface area contributed by atoms with Gasteiger partial charge in [0, 0.05) is 58.1 Å². The molecule has 156 valence electrons. The average Bonchev–Trinajstić information content (AvgIpc) is 3.11. The zero-order valence-corrected chi connectivity index (χ0v) is 17.8. The summed E-state index contributed by atoms with van der Waals surface area (Å²) in [6.07, 6.45) is 7.81. The summed E-state index contributed by atoms with van der Waals surface area (Å²) in [5, 5.41) is 7.85. The van der Waals surface area contributed by atoms with Crippen LogP contribution in [-0.4, -0.2) is 78.0 Å². The molecule has 7 nitrogen and oxygen atoms in total. The van der Waals surface area contributed by atoms with E-state index in [-0.39, 0.29) is 6.10 Å². The molecule has 2 heterocycles. The Kier molecular flexibility index (Phi) is 8.73. The van der Waals surface area contributed by atoms with E-state index in [0.717, 1.165) is 44.2 Å². The van der Waals surface area contributed by atoms with Crippen molar-refractivity contribution in [3.8, 4) is 0 Å². The quantitative estimate of drug-likeness (QED) is 0.399. The molecule has 0 aliphatic carbocycles. The standard InChI is InChI=1S/C21H36N6O/c1-7-9-26(10-8-2)19(17(3)4)14-23-21(22-5)27-11-12-28-20(16-27)18-13-24-25(6)15-18/h7-8,13,15,17,19-20H,1-2,9-12,14,16H2,3-6H3,(H,22,23). The maximum Gasteiger partial charge on any atom is 0.193 e. The van der Waals surface area contributed by atoms with E-state index in [0.29, 0.717) is 18.6 Å². The van der Waals surface area contributed by atoms with Crippen molar-refractivity contribution in [1.82, 2.24) is 24.9 Å². The van der Waals surface area contributed by atoms with E-state index in [1.54, 1.807) is 0 Å². The summed E-state index contributed by atoms with van der Waals surface area (Å²) in [4.78, 5) is 9.18. The van der Waals surface area contributed by atoms with Crippen LogP contribution in [0.2, 0.25) is 0 Å².